The van der Waals surface area contributed by atoms with Crippen LogP contribution in [0.3, 0.4) is 0 Å². The Labute approximate surface area is 113 Å². The van der Waals surface area contributed by atoms with Gasteiger partial charge in [-0.15, -0.1) is 0 Å². The Morgan fingerprint density at radius 2 is 2.00 bits per heavy atom. The van der Waals surface area contributed by atoms with Crippen LogP contribution in [0.15, 0.2) is 24.3 Å². The maximum Gasteiger partial charge on any atom is 0.387 e. The minimum absolute atomic E-state index is 0.0762. The van der Waals surface area contributed by atoms with Crippen LogP contribution in [0.4, 0.5) is 8.78 Å². The fourth-order valence-corrected chi connectivity index (χ4v) is 1.47. The van der Waals surface area contributed by atoms with Crippen molar-refractivity contribution in [2.24, 2.45) is 0 Å². The SMILES string of the molecule is CC(Br)C(=O)NCCc1ccc(OC(F)F)cc1. The van der Waals surface area contributed by atoms with Crippen molar-refractivity contribution in [3.05, 3.63) is 29.8 Å². The fourth-order valence-electron chi connectivity index (χ4n) is 1.31. The first-order valence-electron chi connectivity index (χ1n) is 5.44. The zero-order valence-electron chi connectivity index (χ0n) is 9.83. The molecule has 0 spiro atoms. The molecule has 0 aromatic heterocycles. The molecule has 0 saturated carbocycles. The highest BCUT2D eigenvalue weighted by Gasteiger charge is 2.07. The average Bonchev–Trinajstić information content (AvgIpc) is 2.30. The van der Waals surface area contributed by atoms with Crippen LogP contribution < -0.4 is 10.1 Å². The largest absolute Gasteiger partial charge is 0.435 e. The van der Waals surface area contributed by atoms with Gasteiger partial charge in [0, 0.05) is 6.54 Å². The normalized spacial score (nSPS) is 12.3. The Bertz CT molecular complexity index is 382. The number of amides is 1. The van der Waals surface area contributed by atoms with E-state index in [9.17, 15) is 13.6 Å². The maximum absolute atomic E-state index is 11.9. The van der Waals surface area contributed by atoms with Crippen LogP contribution in [0, 0.1) is 0 Å². The van der Waals surface area contributed by atoms with E-state index in [-0.39, 0.29) is 16.5 Å². The van der Waals surface area contributed by atoms with Crippen LogP contribution >= 0.6 is 15.9 Å². The van der Waals surface area contributed by atoms with Crippen LogP contribution in [0.1, 0.15) is 12.5 Å². The lowest BCUT2D eigenvalue weighted by molar-refractivity contribution is -0.120. The predicted molar refractivity (Wildman–Crippen MR) is 68.2 cm³/mol. The second kappa shape index (κ2) is 7.31. The number of halogens is 3. The Morgan fingerprint density at radius 1 is 1.39 bits per heavy atom. The van der Waals surface area contributed by atoms with Gasteiger partial charge in [0.2, 0.25) is 5.91 Å². The smallest absolute Gasteiger partial charge is 0.387 e. The molecule has 3 nitrogen and oxygen atoms in total. The first kappa shape index (κ1) is 14.9. The molecule has 1 unspecified atom stereocenters. The van der Waals surface area contributed by atoms with Gasteiger partial charge in [0.25, 0.3) is 0 Å². The highest BCUT2D eigenvalue weighted by Crippen LogP contribution is 2.14. The molecule has 1 aromatic rings. The predicted octanol–water partition coefficient (Wildman–Crippen LogP) is 2.73. The molecular formula is C12H14BrF2NO2. The first-order valence-corrected chi connectivity index (χ1v) is 6.36. The van der Waals surface area contributed by atoms with Crippen molar-refractivity contribution in [2.45, 2.75) is 24.8 Å². The van der Waals surface area contributed by atoms with E-state index in [1.54, 1.807) is 19.1 Å². The number of alkyl halides is 3. The number of carbonyl (C=O) groups excluding carboxylic acids is 1. The third-order valence-corrected chi connectivity index (χ3v) is 2.64. The molecule has 0 heterocycles. The monoisotopic (exact) mass is 321 g/mol. The van der Waals surface area contributed by atoms with Crippen molar-refractivity contribution in [1.29, 1.82) is 0 Å². The molecule has 6 heteroatoms. The Kier molecular flexibility index (Phi) is 6.04. The lowest BCUT2D eigenvalue weighted by Crippen LogP contribution is -2.30. The average molecular weight is 322 g/mol. The van der Waals surface area contributed by atoms with Gasteiger partial charge in [-0.25, -0.2) is 0 Å². The molecule has 0 radical (unpaired) electrons. The summed E-state index contributed by atoms with van der Waals surface area (Å²) in [5, 5.41) is 2.74. The summed E-state index contributed by atoms with van der Waals surface area (Å²) < 4.78 is 28.1. The van der Waals surface area contributed by atoms with Crippen molar-refractivity contribution in [3.63, 3.8) is 0 Å². The van der Waals surface area contributed by atoms with E-state index in [1.807, 2.05) is 0 Å². The standard InChI is InChI=1S/C12H14BrF2NO2/c1-8(13)11(17)16-7-6-9-2-4-10(5-3-9)18-12(14)15/h2-5,8,12H,6-7H2,1H3,(H,16,17). The van der Waals surface area contributed by atoms with Crippen molar-refractivity contribution >= 4 is 21.8 Å². The number of carbonyl (C=O) groups is 1. The lowest BCUT2D eigenvalue weighted by Gasteiger charge is -2.08. The van der Waals surface area contributed by atoms with Crippen LogP contribution in [-0.2, 0) is 11.2 Å². The van der Waals surface area contributed by atoms with Gasteiger partial charge < -0.3 is 10.1 Å². The van der Waals surface area contributed by atoms with Crippen molar-refractivity contribution in [3.8, 4) is 5.75 Å². The van der Waals surface area contributed by atoms with E-state index in [4.69, 9.17) is 0 Å². The molecule has 1 aromatic carbocycles. The first-order chi connectivity index (χ1) is 8.49. The third-order valence-electron chi connectivity index (χ3n) is 2.22. The van der Waals surface area contributed by atoms with E-state index in [2.05, 4.69) is 26.0 Å². The van der Waals surface area contributed by atoms with Crippen LogP contribution in [0.25, 0.3) is 0 Å². The van der Waals surface area contributed by atoms with Gasteiger partial charge in [0.1, 0.15) is 5.75 Å². The minimum Gasteiger partial charge on any atom is -0.435 e. The number of rotatable bonds is 6. The molecule has 0 fully saturated rings. The maximum atomic E-state index is 11.9. The molecule has 0 aliphatic heterocycles. The van der Waals surface area contributed by atoms with Crippen LogP contribution in [0.2, 0.25) is 0 Å². The molecule has 1 atom stereocenters. The quantitative estimate of drug-likeness (QED) is 0.818. The van der Waals surface area contributed by atoms with Crippen LogP contribution in [-0.4, -0.2) is 23.9 Å². The minimum atomic E-state index is -2.81. The number of ether oxygens (including phenoxy) is 1. The molecule has 1 N–H and O–H groups in total. The summed E-state index contributed by atoms with van der Waals surface area (Å²) in [5.41, 5.74) is 0.944. The van der Waals surface area contributed by atoms with Gasteiger partial charge in [-0.3, -0.25) is 4.79 Å². The number of nitrogens with one attached hydrogen (secondary N) is 1. The highest BCUT2D eigenvalue weighted by molar-refractivity contribution is 9.10. The fraction of sp³-hybridized carbons (Fsp3) is 0.417. The Balaban J connectivity index is 2.37. The van der Waals surface area contributed by atoms with E-state index >= 15 is 0 Å². The lowest BCUT2D eigenvalue weighted by atomic mass is 10.1. The van der Waals surface area contributed by atoms with Gasteiger partial charge in [-0.05, 0) is 31.0 Å². The summed E-state index contributed by atoms with van der Waals surface area (Å²) in [7, 11) is 0. The van der Waals surface area contributed by atoms with Crippen LogP contribution in [0.5, 0.6) is 5.75 Å². The van der Waals surface area contributed by atoms with Gasteiger partial charge in [0.05, 0.1) is 4.83 Å². The number of hydrogen-bond acceptors (Lipinski definition) is 2. The molecule has 1 rings (SSSR count). The zero-order valence-corrected chi connectivity index (χ0v) is 11.4. The zero-order chi connectivity index (χ0) is 13.5. The molecule has 0 saturated heterocycles. The van der Waals surface area contributed by atoms with Crippen molar-refractivity contribution < 1.29 is 18.3 Å². The summed E-state index contributed by atoms with van der Waals surface area (Å²) in [6.45, 7) is -0.564. The topological polar surface area (TPSA) is 38.3 Å². The van der Waals surface area contributed by atoms with Crippen molar-refractivity contribution in [1.82, 2.24) is 5.32 Å². The second-order valence-corrected chi connectivity index (χ2v) is 5.05. The van der Waals surface area contributed by atoms with Gasteiger partial charge in [0.15, 0.2) is 0 Å². The molecule has 0 aliphatic carbocycles. The summed E-state index contributed by atoms with van der Waals surface area (Å²) in [6.07, 6.45) is 0.639. The van der Waals surface area contributed by atoms with Crippen molar-refractivity contribution in [2.75, 3.05) is 6.54 Å². The number of benzene rings is 1. The molecular weight excluding hydrogens is 308 g/mol. The van der Waals surface area contributed by atoms with E-state index in [1.165, 1.54) is 12.1 Å². The molecule has 100 valence electrons. The summed E-state index contributed by atoms with van der Waals surface area (Å²) in [5.74, 6) is 0.0551. The Morgan fingerprint density at radius 3 is 2.50 bits per heavy atom. The molecule has 1 amide bonds. The van der Waals surface area contributed by atoms with Gasteiger partial charge in [-0.2, -0.15) is 8.78 Å². The summed E-state index contributed by atoms with van der Waals surface area (Å²) in [6, 6.07) is 6.36. The molecule has 0 aliphatic rings. The molecule has 18 heavy (non-hydrogen) atoms. The van der Waals surface area contributed by atoms with E-state index in [0.29, 0.717) is 13.0 Å². The Hall–Kier alpha value is -1.17. The summed E-state index contributed by atoms with van der Waals surface area (Å²) in [4.78, 5) is 11.0. The van der Waals surface area contributed by atoms with Gasteiger partial charge in [-0.1, -0.05) is 28.1 Å². The van der Waals surface area contributed by atoms with E-state index < -0.39 is 6.61 Å². The second-order valence-electron chi connectivity index (χ2n) is 3.68. The van der Waals surface area contributed by atoms with Gasteiger partial charge >= 0.3 is 6.61 Å². The molecule has 0 bridgehead atoms. The summed E-state index contributed by atoms with van der Waals surface area (Å²) >= 11 is 3.16. The highest BCUT2D eigenvalue weighted by atomic mass is 79.9. The van der Waals surface area contributed by atoms with E-state index in [0.717, 1.165) is 5.56 Å². The number of hydrogen-bond donors (Lipinski definition) is 1. The third kappa shape index (κ3) is 5.44.